The van der Waals surface area contributed by atoms with Gasteiger partial charge < -0.3 is 15.5 Å². The summed E-state index contributed by atoms with van der Waals surface area (Å²) < 4.78 is 39.8. The Labute approximate surface area is 177 Å². The number of aryl methyl sites for hydroxylation is 1. The van der Waals surface area contributed by atoms with E-state index in [-0.39, 0.29) is 0 Å². The maximum absolute atomic E-state index is 12.8. The topological polar surface area (TPSA) is 75.6 Å². The van der Waals surface area contributed by atoms with E-state index in [4.69, 9.17) is 5.73 Å². The third-order valence-electron chi connectivity index (χ3n) is 5.11. The first-order valence-corrected chi connectivity index (χ1v) is 9.79. The Hall–Kier alpha value is -3.56. The number of nitrogens with zero attached hydrogens (tertiary/aromatic N) is 6. The summed E-state index contributed by atoms with van der Waals surface area (Å²) in [5.41, 5.74) is 7.86. The minimum Gasteiger partial charge on any atom is -0.368 e. The molecule has 0 unspecified atom stereocenters. The van der Waals surface area contributed by atoms with E-state index >= 15 is 0 Å². The highest BCUT2D eigenvalue weighted by Crippen LogP contribution is 2.30. The Morgan fingerprint density at radius 2 is 1.74 bits per heavy atom. The molecule has 1 aromatic carbocycles. The third kappa shape index (κ3) is 4.62. The minimum absolute atomic E-state index is 0.323. The van der Waals surface area contributed by atoms with Crippen molar-refractivity contribution >= 4 is 23.7 Å². The van der Waals surface area contributed by atoms with Crippen molar-refractivity contribution in [3.05, 3.63) is 65.6 Å². The van der Waals surface area contributed by atoms with Crippen LogP contribution in [0.1, 0.15) is 16.8 Å². The molecule has 162 valence electrons. The van der Waals surface area contributed by atoms with E-state index in [9.17, 15) is 13.2 Å². The number of para-hydroxylation sites is 1. The molecule has 7 nitrogen and oxygen atoms in total. The average molecular weight is 429 g/mol. The normalized spacial score (nSPS) is 15.1. The van der Waals surface area contributed by atoms with Crippen molar-refractivity contribution in [1.82, 2.24) is 14.6 Å². The Morgan fingerprint density at radius 3 is 2.35 bits per heavy atom. The van der Waals surface area contributed by atoms with Gasteiger partial charge in [0.15, 0.2) is 0 Å². The molecule has 0 amide bonds. The van der Waals surface area contributed by atoms with Gasteiger partial charge in [0, 0.05) is 43.6 Å². The highest BCUT2D eigenvalue weighted by Gasteiger charge is 2.31. The van der Waals surface area contributed by atoms with Crippen LogP contribution in [-0.2, 0) is 6.18 Å². The molecule has 0 spiro atoms. The van der Waals surface area contributed by atoms with Crippen LogP contribution in [0, 0.1) is 6.92 Å². The largest absolute Gasteiger partial charge is 0.417 e. The fourth-order valence-electron chi connectivity index (χ4n) is 3.52. The molecule has 31 heavy (non-hydrogen) atoms. The van der Waals surface area contributed by atoms with Crippen molar-refractivity contribution in [2.24, 2.45) is 5.10 Å². The molecule has 0 aliphatic carbocycles. The van der Waals surface area contributed by atoms with Crippen LogP contribution >= 0.6 is 0 Å². The fourth-order valence-corrected chi connectivity index (χ4v) is 3.52. The number of piperazine rings is 1. The van der Waals surface area contributed by atoms with Gasteiger partial charge in [-0.3, -0.25) is 0 Å². The zero-order chi connectivity index (χ0) is 22.0. The lowest BCUT2D eigenvalue weighted by atomic mass is 10.1. The van der Waals surface area contributed by atoms with Gasteiger partial charge >= 0.3 is 6.18 Å². The van der Waals surface area contributed by atoms with Crippen LogP contribution in [0.2, 0.25) is 0 Å². The summed E-state index contributed by atoms with van der Waals surface area (Å²) in [6.45, 7) is 4.57. The quantitative estimate of drug-likeness (QED) is 0.644. The van der Waals surface area contributed by atoms with Gasteiger partial charge in [0.25, 0.3) is 0 Å². The van der Waals surface area contributed by atoms with Gasteiger partial charge in [0.2, 0.25) is 5.95 Å². The molecule has 1 aliphatic heterocycles. The van der Waals surface area contributed by atoms with Gasteiger partial charge in [-0.1, -0.05) is 18.2 Å². The molecule has 0 atom stereocenters. The van der Waals surface area contributed by atoms with E-state index in [1.54, 1.807) is 12.4 Å². The van der Waals surface area contributed by atoms with Gasteiger partial charge in [-0.2, -0.15) is 18.3 Å². The molecule has 10 heteroatoms. The smallest absolute Gasteiger partial charge is 0.368 e. The van der Waals surface area contributed by atoms with Crippen LogP contribution in [-0.4, -0.2) is 47.0 Å². The molecule has 2 N–H and O–H groups in total. The van der Waals surface area contributed by atoms with Gasteiger partial charge in [-0.25, -0.2) is 14.6 Å². The second-order valence-corrected chi connectivity index (χ2v) is 7.27. The van der Waals surface area contributed by atoms with E-state index < -0.39 is 11.7 Å². The summed E-state index contributed by atoms with van der Waals surface area (Å²) in [6.07, 6.45) is 0.00738. The second-order valence-electron chi connectivity index (χ2n) is 7.27. The van der Waals surface area contributed by atoms with Crippen molar-refractivity contribution in [3.63, 3.8) is 0 Å². The van der Waals surface area contributed by atoms with Crippen LogP contribution in [0.25, 0.3) is 0 Å². The van der Waals surface area contributed by atoms with E-state index in [0.29, 0.717) is 37.9 Å². The molecule has 3 heterocycles. The summed E-state index contributed by atoms with van der Waals surface area (Å²) in [7, 11) is 0. The number of anilines is 3. The molecule has 1 aliphatic rings. The first-order chi connectivity index (χ1) is 14.8. The molecule has 1 saturated heterocycles. The van der Waals surface area contributed by atoms with Crippen molar-refractivity contribution in [3.8, 4) is 0 Å². The summed E-state index contributed by atoms with van der Waals surface area (Å²) in [5.74, 6) is 0.873. The molecule has 0 radical (unpaired) electrons. The predicted octanol–water partition coefficient (Wildman–Crippen LogP) is 3.40. The van der Waals surface area contributed by atoms with E-state index in [1.165, 1.54) is 10.7 Å². The number of alkyl halides is 3. The standard InChI is InChI=1S/C21H22F3N7/c1-15-14-31(20(25)28-15)27-12-16-4-2-3-5-18(16)29-8-10-30(11-9-29)19-7-6-17(13-26-19)21(22,23)24/h2-7,12-14H,8-11H2,1H3,(H2,25,28). The summed E-state index contributed by atoms with van der Waals surface area (Å²) in [4.78, 5) is 12.4. The zero-order valence-corrected chi connectivity index (χ0v) is 16.9. The molecular formula is C21H22F3N7. The monoisotopic (exact) mass is 429 g/mol. The van der Waals surface area contributed by atoms with Crippen molar-refractivity contribution in [2.45, 2.75) is 13.1 Å². The van der Waals surface area contributed by atoms with Gasteiger partial charge in [-0.05, 0) is 25.1 Å². The molecule has 0 saturated carbocycles. The summed E-state index contributed by atoms with van der Waals surface area (Å²) in [5, 5.41) is 4.41. The Morgan fingerprint density at radius 1 is 1.03 bits per heavy atom. The number of hydrogen-bond donors (Lipinski definition) is 1. The van der Waals surface area contributed by atoms with Gasteiger partial charge in [-0.15, -0.1) is 0 Å². The van der Waals surface area contributed by atoms with Crippen molar-refractivity contribution in [1.29, 1.82) is 0 Å². The minimum atomic E-state index is -4.38. The first-order valence-electron chi connectivity index (χ1n) is 9.79. The summed E-state index contributed by atoms with van der Waals surface area (Å²) in [6, 6.07) is 10.4. The fraction of sp³-hybridized carbons (Fsp3) is 0.286. The molecule has 2 aromatic heterocycles. The first kappa shape index (κ1) is 20.7. The van der Waals surface area contributed by atoms with Crippen LogP contribution in [0.4, 0.5) is 30.6 Å². The van der Waals surface area contributed by atoms with Gasteiger partial charge in [0.1, 0.15) is 5.82 Å². The molecule has 0 bridgehead atoms. The molecule has 4 rings (SSSR count). The van der Waals surface area contributed by atoms with Gasteiger partial charge in [0.05, 0.1) is 23.7 Å². The summed E-state index contributed by atoms with van der Waals surface area (Å²) >= 11 is 0. The Bertz CT molecular complexity index is 1070. The lowest BCUT2D eigenvalue weighted by Gasteiger charge is -2.37. The lowest BCUT2D eigenvalue weighted by Crippen LogP contribution is -2.47. The molecule has 3 aromatic rings. The van der Waals surface area contributed by atoms with Crippen LogP contribution in [0.15, 0.2) is 53.9 Å². The van der Waals surface area contributed by atoms with Crippen LogP contribution < -0.4 is 15.5 Å². The number of aromatic nitrogens is 3. The van der Waals surface area contributed by atoms with E-state index in [0.717, 1.165) is 29.2 Å². The maximum atomic E-state index is 12.8. The number of nitrogens with two attached hydrogens (primary N) is 1. The number of hydrogen-bond acceptors (Lipinski definition) is 6. The van der Waals surface area contributed by atoms with Crippen LogP contribution in [0.5, 0.6) is 0 Å². The number of nitrogen functional groups attached to an aromatic ring is 1. The molecular weight excluding hydrogens is 407 g/mol. The zero-order valence-electron chi connectivity index (χ0n) is 16.9. The lowest BCUT2D eigenvalue weighted by molar-refractivity contribution is -0.137. The second kappa shape index (κ2) is 8.29. The predicted molar refractivity (Wildman–Crippen MR) is 114 cm³/mol. The van der Waals surface area contributed by atoms with Crippen molar-refractivity contribution < 1.29 is 13.2 Å². The van der Waals surface area contributed by atoms with E-state index in [1.807, 2.05) is 36.1 Å². The number of rotatable bonds is 4. The Balaban J connectivity index is 1.45. The number of pyridine rings is 1. The number of benzene rings is 1. The SMILES string of the molecule is Cc1cn(N=Cc2ccccc2N2CCN(c3ccc(C(F)(F)F)cn3)CC2)c(N)n1. The highest BCUT2D eigenvalue weighted by molar-refractivity contribution is 5.88. The number of imidazole rings is 1. The highest BCUT2D eigenvalue weighted by atomic mass is 19.4. The van der Waals surface area contributed by atoms with Crippen LogP contribution in [0.3, 0.4) is 0 Å². The third-order valence-corrected chi connectivity index (χ3v) is 5.11. The average Bonchev–Trinajstić information content (AvgIpc) is 3.09. The Kier molecular flexibility index (Phi) is 5.53. The number of halogens is 3. The molecule has 1 fully saturated rings. The van der Waals surface area contributed by atoms with Crippen molar-refractivity contribution in [2.75, 3.05) is 41.7 Å². The maximum Gasteiger partial charge on any atom is 0.417 e. The van der Waals surface area contributed by atoms with E-state index in [2.05, 4.69) is 20.0 Å².